The fourth-order valence-corrected chi connectivity index (χ4v) is 3.21. The molecule has 0 spiro atoms. The van der Waals surface area contributed by atoms with Crippen molar-refractivity contribution < 1.29 is 9.90 Å². The van der Waals surface area contributed by atoms with Crippen LogP contribution in [0.4, 0.5) is 0 Å². The summed E-state index contributed by atoms with van der Waals surface area (Å²) in [5.41, 5.74) is -0.0661. The Kier molecular flexibility index (Phi) is 3.15. The Morgan fingerprint density at radius 3 is 3.00 bits per heavy atom. The van der Waals surface area contributed by atoms with Crippen molar-refractivity contribution in [1.82, 2.24) is 4.90 Å². The van der Waals surface area contributed by atoms with E-state index in [-0.39, 0.29) is 24.3 Å². The first kappa shape index (κ1) is 11.4. The van der Waals surface area contributed by atoms with Crippen molar-refractivity contribution in [1.29, 1.82) is 5.26 Å². The molecule has 16 heavy (non-hydrogen) atoms. The number of fused-ring (bicyclic) bond motifs is 1. The molecule has 2 aliphatic rings. The van der Waals surface area contributed by atoms with Crippen molar-refractivity contribution in [3.8, 4) is 6.07 Å². The Morgan fingerprint density at radius 1 is 1.56 bits per heavy atom. The third-order valence-corrected chi connectivity index (χ3v) is 4.19. The summed E-state index contributed by atoms with van der Waals surface area (Å²) in [6, 6.07) is 1.90. The highest BCUT2D eigenvalue weighted by Crippen LogP contribution is 2.46. The van der Waals surface area contributed by atoms with Crippen molar-refractivity contribution in [2.45, 2.75) is 32.1 Å². The molecule has 0 aromatic rings. The maximum Gasteiger partial charge on any atom is 0.236 e. The largest absolute Gasteiger partial charge is 0.396 e. The molecule has 2 atom stereocenters. The molecule has 2 fully saturated rings. The average Bonchev–Trinajstić information content (AvgIpc) is 2.69. The molecule has 4 nitrogen and oxygen atoms in total. The summed E-state index contributed by atoms with van der Waals surface area (Å²) >= 11 is 0. The zero-order valence-electron chi connectivity index (χ0n) is 9.48. The predicted molar refractivity (Wildman–Crippen MR) is 58.3 cm³/mol. The summed E-state index contributed by atoms with van der Waals surface area (Å²) in [6.45, 7) is 1.56. The third-order valence-electron chi connectivity index (χ3n) is 4.19. The summed E-state index contributed by atoms with van der Waals surface area (Å²) in [7, 11) is 0. The molecule has 1 amide bonds. The smallest absolute Gasteiger partial charge is 0.236 e. The summed E-state index contributed by atoms with van der Waals surface area (Å²) < 4.78 is 0. The molecule has 88 valence electrons. The Labute approximate surface area is 95.9 Å². The van der Waals surface area contributed by atoms with E-state index in [9.17, 15) is 9.90 Å². The number of likely N-dealkylation sites (tertiary alicyclic amines) is 1. The number of aliphatic hydroxyl groups excluding tert-OH is 1. The molecule has 0 aromatic heterocycles. The van der Waals surface area contributed by atoms with Crippen molar-refractivity contribution in [2.75, 3.05) is 19.7 Å². The standard InChI is InChI=1S/C12H18N2O2/c13-6-4-11(16)14-7-10-3-1-2-5-12(10,8-14)9-15/h10,15H,1-5,7-9H2. The molecule has 2 unspecified atom stereocenters. The van der Waals surface area contributed by atoms with Crippen LogP contribution in [0.1, 0.15) is 32.1 Å². The lowest BCUT2D eigenvalue weighted by Gasteiger charge is -2.36. The lowest BCUT2D eigenvalue weighted by molar-refractivity contribution is -0.129. The zero-order chi connectivity index (χ0) is 11.6. The monoisotopic (exact) mass is 222 g/mol. The number of amides is 1. The van der Waals surface area contributed by atoms with Crippen molar-refractivity contribution in [3.05, 3.63) is 0 Å². The van der Waals surface area contributed by atoms with Gasteiger partial charge in [0.15, 0.2) is 0 Å². The highest BCUT2D eigenvalue weighted by molar-refractivity contribution is 5.78. The second-order valence-electron chi connectivity index (χ2n) is 5.07. The second kappa shape index (κ2) is 4.42. The van der Waals surface area contributed by atoms with Crippen LogP contribution >= 0.6 is 0 Å². The van der Waals surface area contributed by atoms with Gasteiger partial charge in [0.25, 0.3) is 0 Å². The lowest BCUT2D eigenvalue weighted by Crippen LogP contribution is -2.37. The number of carbonyl (C=O) groups is 1. The van der Waals surface area contributed by atoms with Gasteiger partial charge in [0.2, 0.25) is 5.91 Å². The molecule has 0 radical (unpaired) electrons. The van der Waals surface area contributed by atoms with Crippen LogP contribution in [0, 0.1) is 22.7 Å². The van der Waals surface area contributed by atoms with Crippen LogP contribution in [-0.4, -0.2) is 35.6 Å². The van der Waals surface area contributed by atoms with Gasteiger partial charge in [-0.25, -0.2) is 0 Å². The normalized spacial score (nSPS) is 33.2. The van der Waals surface area contributed by atoms with Gasteiger partial charge in [0.05, 0.1) is 12.7 Å². The molecule has 0 aromatic carbocycles. The summed E-state index contributed by atoms with van der Waals surface area (Å²) in [4.78, 5) is 13.4. The molecule has 1 N–H and O–H groups in total. The van der Waals surface area contributed by atoms with E-state index in [1.54, 1.807) is 4.90 Å². The molecule has 1 heterocycles. The molecule has 1 aliphatic heterocycles. The van der Waals surface area contributed by atoms with Gasteiger partial charge >= 0.3 is 0 Å². The van der Waals surface area contributed by atoms with E-state index in [1.807, 2.05) is 6.07 Å². The lowest BCUT2D eigenvalue weighted by atomic mass is 9.69. The first-order valence-corrected chi connectivity index (χ1v) is 5.97. The van der Waals surface area contributed by atoms with Gasteiger partial charge in [-0.2, -0.15) is 5.26 Å². The number of nitrogens with zero attached hydrogens (tertiary/aromatic N) is 2. The van der Waals surface area contributed by atoms with E-state index >= 15 is 0 Å². The van der Waals surface area contributed by atoms with E-state index in [4.69, 9.17) is 5.26 Å². The minimum absolute atomic E-state index is 0.0335. The fraction of sp³-hybridized carbons (Fsp3) is 0.833. The average molecular weight is 222 g/mol. The SMILES string of the molecule is N#CCC(=O)N1CC2CCCCC2(CO)C1. The Bertz CT molecular complexity index is 323. The van der Waals surface area contributed by atoms with Gasteiger partial charge in [-0.05, 0) is 18.8 Å². The van der Waals surface area contributed by atoms with Gasteiger partial charge in [-0.3, -0.25) is 4.79 Å². The van der Waals surface area contributed by atoms with Crippen LogP contribution in [0.15, 0.2) is 0 Å². The highest BCUT2D eigenvalue weighted by atomic mass is 16.3. The van der Waals surface area contributed by atoms with E-state index in [0.717, 1.165) is 25.8 Å². The number of hydrogen-bond donors (Lipinski definition) is 1. The van der Waals surface area contributed by atoms with Crippen LogP contribution in [0.3, 0.4) is 0 Å². The van der Waals surface area contributed by atoms with Crippen LogP contribution in [0.25, 0.3) is 0 Å². The van der Waals surface area contributed by atoms with Crippen molar-refractivity contribution >= 4 is 5.91 Å². The maximum atomic E-state index is 11.7. The topological polar surface area (TPSA) is 64.3 Å². The number of carbonyl (C=O) groups excluding carboxylic acids is 1. The van der Waals surface area contributed by atoms with Gasteiger partial charge in [0, 0.05) is 18.5 Å². The molecule has 2 rings (SSSR count). The molecular formula is C12H18N2O2. The summed E-state index contributed by atoms with van der Waals surface area (Å²) in [6.07, 6.45) is 4.44. The van der Waals surface area contributed by atoms with E-state index in [2.05, 4.69) is 0 Å². The highest BCUT2D eigenvalue weighted by Gasteiger charge is 2.48. The number of rotatable bonds is 2. The van der Waals surface area contributed by atoms with E-state index in [1.165, 1.54) is 6.42 Å². The number of aliphatic hydroxyl groups is 1. The number of hydrogen-bond acceptors (Lipinski definition) is 3. The van der Waals surface area contributed by atoms with Crippen LogP contribution in [0.2, 0.25) is 0 Å². The molecule has 0 bridgehead atoms. The van der Waals surface area contributed by atoms with Gasteiger partial charge < -0.3 is 10.0 Å². The van der Waals surface area contributed by atoms with Crippen molar-refractivity contribution in [2.24, 2.45) is 11.3 Å². The molecule has 1 saturated carbocycles. The Hall–Kier alpha value is -1.08. The number of nitriles is 1. The van der Waals surface area contributed by atoms with Crippen LogP contribution < -0.4 is 0 Å². The second-order valence-corrected chi connectivity index (χ2v) is 5.07. The van der Waals surface area contributed by atoms with Gasteiger partial charge in [-0.1, -0.05) is 12.8 Å². The van der Waals surface area contributed by atoms with Gasteiger partial charge in [-0.15, -0.1) is 0 Å². The fourth-order valence-electron chi connectivity index (χ4n) is 3.21. The van der Waals surface area contributed by atoms with E-state index in [0.29, 0.717) is 12.5 Å². The maximum absolute atomic E-state index is 11.7. The Balaban J connectivity index is 2.08. The molecule has 1 saturated heterocycles. The van der Waals surface area contributed by atoms with Crippen molar-refractivity contribution in [3.63, 3.8) is 0 Å². The first-order valence-electron chi connectivity index (χ1n) is 5.97. The minimum Gasteiger partial charge on any atom is -0.396 e. The van der Waals surface area contributed by atoms with Gasteiger partial charge in [0.1, 0.15) is 6.42 Å². The third kappa shape index (κ3) is 1.80. The molecular weight excluding hydrogens is 204 g/mol. The summed E-state index contributed by atoms with van der Waals surface area (Å²) in [5.74, 6) is 0.360. The molecule has 1 aliphatic carbocycles. The quantitative estimate of drug-likeness (QED) is 0.755. The first-order chi connectivity index (χ1) is 7.72. The Morgan fingerprint density at radius 2 is 2.38 bits per heavy atom. The summed E-state index contributed by atoms with van der Waals surface area (Å²) in [5, 5.41) is 18.1. The molecule has 4 heteroatoms. The minimum atomic E-state index is -0.0790. The van der Waals surface area contributed by atoms with Crippen LogP contribution in [0.5, 0.6) is 0 Å². The van der Waals surface area contributed by atoms with Crippen LogP contribution in [-0.2, 0) is 4.79 Å². The predicted octanol–water partition coefficient (Wildman–Crippen LogP) is 0.911. The zero-order valence-corrected chi connectivity index (χ0v) is 9.48. The van der Waals surface area contributed by atoms with E-state index < -0.39 is 0 Å².